The van der Waals surface area contributed by atoms with Gasteiger partial charge in [-0.05, 0) is 37.9 Å². The van der Waals surface area contributed by atoms with Crippen LogP contribution in [0.25, 0.3) is 11.1 Å². The lowest BCUT2D eigenvalue weighted by molar-refractivity contribution is -0.0123. The van der Waals surface area contributed by atoms with Gasteiger partial charge in [0.1, 0.15) is 6.10 Å². The molecule has 0 N–H and O–H groups in total. The van der Waals surface area contributed by atoms with Crippen LogP contribution >= 0.6 is 23.2 Å². The van der Waals surface area contributed by atoms with Gasteiger partial charge in [-0.15, -0.1) is 0 Å². The van der Waals surface area contributed by atoms with Gasteiger partial charge in [0.05, 0.1) is 10.0 Å². The molecule has 0 spiro atoms. The largest absolute Gasteiger partial charge is 0.458 e. The Morgan fingerprint density at radius 2 is 1.83 bits per heavy atom. The summed E-state index contributed by atoms with van der Waals surface area (Å²) < 4.78 is 6.01. The van der Waals surface area contributed by atoms with E-state index in [0.29, 0.717) is 22.0 Å². The summed E-state index contributed by atoms with van der Waals surface area (Å²) >= 11 is 12.3. The van der Waals surface area contributed by atoms with Crippen molar-refractivity contribution in [3.63, 3.8) is 0 Å². The van der Waals surface area contributed by atoms with E-state index in [2.05, 4.69) is 14.9 Å². The zero-order valence-electron chi connectivity index (χ0n) is 12.6. The minimum atomic E-state index is 0.207. The summed E-state index contributed by atoms with van der Waals surface area (Å²) in [4.78, 5) is 11.1. The van der Waals surface area contributed by atoms with Gasteiger partial charge in [-0.1, -0.05) is 35.3 Å². The maximum absolute atomic E-state index is 6.24. The Morgan fingerprint density at radius 1 is 1.09 bits per heavy atom. The first-order valence-corrected chi connectivity index (χ1v) is 8.62. The average Bonchev–Trinajstić information content (AvgIpc) is 2.59. The first-order valence-electron chi connectivity index (χ1n) is 7.86. The van der Waals surface area contributed by atoms with E-state index in [-0.39, 0.29) is 6.10 Å². The molecule has 5 rings (SSSR count). The molecule has 0 aliphatic carbocycles. The summed E-state index contributed by atoms with van der Waals surface area (Å²) in [7, 11) is 0. The topological polar surface area (TPSA) is 38.2 Å². The predicted octanol–water partition coefficient (Wildman–Crippen LogP) is 3.92. The fraction of sp³-hybridized carbons (Fsp3) is 0.412. The number of benzene rings is 1. The minimum Gasteiger partial charge on any atom is -0.458 e. The average molecular weight is 350 g/mol. The van der Waals surface area contributed by atoms with E-state index in [0.717, 1.165) is 17.7 Å². The van der Waals surface area contributed by atoms with Gasteiger partial charge < -0.3 is 4.74 Å². The molecule has 3 aliphatic rings. The van der Waals surface area contributed by atoms with E-state index < -0.39 is 0 Å². The van der Waals surface area contributed by atoms with Crippen LogP contribution in [0.15, 0.2) is 30.6 Å². The van der Waals surface area contributed by atoms with Gasteiger partial charge in [-0.2, -0.15) is 0 Å². The second kappa shape index (κ2) is 6.27. The molecule has 1 atom stereocenters. The van der Waals surface area contributed by atoms with Crippen molar-refractivity contribution < 1.29 is 4.74 Å². The number of piperidine rings is 3. The lowest BCUT2D eigenvalue weighted by Crippen LogP contribution is -2.52. The second-order valence-electron chi connectivity index (χ2n) is 6.15. The number of rotatable bonds is 3. The molecule has 0 radical (unpaired) electrons. The smallest absolute Gasteiger partial charge is 0.316 e. The zero-order chi connectivity index (χ0) is 15.8. The molecule has 6 heteroatoms. The molecule has 2 aromatic rings. The molecule has 4 heterocycles. The van der Waals surface area contributed by atoms with E-state index in [1.54, 1.807) is 18.5 Å². The monoisotopic (exact) mass is 349 g/mol. The van der Waals surface area contributed by atoms with Crippen LogP contribution in [0.3, 0.4) is 0 Å². The number of hydrogen-bond donors (Lipinski definition) is 0. The van der Waals surface area contributed by atoms with Crippen molar-refractivity contribution in [2.75, 3.05) is 19.6 Å². The zero-order valence-corrected chi connectivity index (χ0v) is 14.1. The molecule has 3 saturated heterocycles. The SMILES string of the molecule is Clc1cccc(-c2cnc(O[C@H]3CN4CCC3CC4)nc2)c1Cl. The standard InChI is InChI=1S/C17H17Cl2N3O/c18-14-3-1-2-13(16(14)19)12-8-20-17(21-9-12)23-15-10-22-6-4-11(15)5-7-22/h1-3,8-9,11,15H,4-7,10H2/t15-/m0/s1. The molecular formula is C17H17Cl2N3O. The summed E-state index contributed by atoms with van der Waals surface area (Å²) in [6.45, 7) is 3.37. The summed E-state index contributed by atoms with van der Waals surface area (Å²) in [5.41, 5.74) is 1.66. The highest BCUT2D eigenvalue weighted by molar-refractivity contribution is 6.43. The molecule has 0 saturated carbocycles. The third kappa shape index (κ3) is 3.03. The third-order valence-electron chi connectivity index (χ3n) is 4.74. The van der Waals surface area contributed by atoms with Gasteiger partial charge in [0, 0.05) is 30.1 Å². The van der Waals surface area contributed by atoms with Crippen LogP contribution < -0.4 is 4.74 Å². The Morgan fingerprint density at radius 3 is 2.48 bits per heavy atom. The fourth-order valence-electron chi connectivity index (χ4n) is 3.42. The van der Waals surface area contributed by atoms with Crippen molar-refractivity contribution in [3.05, 3.63) is 40.6 Å². The van der Waals surface area contributed by atoms with Crippen LogP contribution in [-0.2, 0) is 0 Å². The third-order valence-corrected chi connectivity index (χ3v) is 5.56. The summed E-state index contributed by atoms with van der Waals surface area (Å²) in [6, 6.07) is 5.96. The molecular weight excluding hydrogens is 333 g/mol. The number of halogens is 2. The number of hydrogen-bond acceptors (Lipinski definition) is 4. The minimum absolute atomic E-state index is 0.207. The van der Waals surface area contributed by atoms with Crippen LogP contribution in [0, 0.1) is 5.92 Å². The van der Waals surface area contributed by atoms with Gasteiger partial charge in [0.2, 0.25) is 0 Å². The predicted molar refractivity (Wildman–Crippen MR) is 91.1 cm³/mol. The van der Waals surface area contributed by atoms with Crippen LogP contribution in [0.2, 0.25) is 10.0 Å². The van der Waals surface area contributed by atoms with Crippen molar-refractivity contribution in [2.24, 2.45) is 5.92 Å². The van der Waals surface area contributed by atoms with Crippen molar-refractivity contribution >= 4 is 23.2 Å². The molecule has 0 unspecified atom stereocenters. The van der Waals surface area contributed by atoms with Crippen LogP contribution in [0.5, 0.6) is 6.01 Å². The Balaban J connectivity index is 1.51. The summed E-state index contributed by atoms with van der Waals surface area (Å²) in [5, 5.41) is 1.04. The van der Waals surface area contributed by atoms with Gasteiger partial charge in [0.25, 0.3) is 0 Å². The van der Waals surface area contributed by atoms with Gasteiger partial charge in [-0.25, -0.2) is 9.97 Å². The summed E-state index contributed by atoms with van der Waals surface area (Å²) in [6.07, 6.45) is 6.10. The van der Waals surface area contributed by atoms with Crippen LogP contribution in [0.4, 0.5) is 0 Å². The van der Waals surface area contributed by atoms with Crippen LogP contribution in [-0.4, -0.2) is 40.6 Å². The summed E-state index contributed by atoms with van der Waals surface area (Å²) in [5.74, 6) is 0.630. The maximum atomic E-state index is 6.24. The molecule has 2 bridgehead atoms. The van der Waals surface area contributed by atoms with E-state index in [1.165, 1.54) is 25.9 Å². The Kier molecular flexibility index (Phi) is 4.14. The lowest BCUT2D eigenvalue weighted by Gasteiger charge is -2.43. The van der Waals surface area contributed by atoms with Gasteiger partial charge in [-0.3, -0.25) is 4.90 Å². The fourth-order valence-corrected chi connectivity index (χ4v) is 3.83. The number of ether oxygens (including phenoxy) is 1. The molecule has 4 nitrogen and oxygen atoms in total. The Bertz CT molecular complexity index is 699. The highest BCUT2D eigenvalue weighted by Gasteiger charge is 2.35. The van der Waals surface area contributed by atoms with Crippen LogP contribution in [0.1, 0.15) is 12.8 Å². The van der Waals surface area contributed by atoms with Gasteiger partial charge >= 0.3 is 6.01 Å². The Labute approximate surface area is 145 Å². The first kappa shape index (κ1) is 15.2. The van der Waals surface area contributed by atoms with E-state index in [4.69, 9.17) is 27.9 Å². The van der Waals surface area contributed by atoms with E-state index in [9.17, 15) is 0 Å². The molecule has 3 fully saturated rings. The number of aromatic nitrogens is 2. The van der Waals surface area contributed by atoms with E-state index >= 15 is 0 Å². The highest BCUT2D eigenvalue weighted by atomic mass is 35.5. The second-order valence-corrected chi connectivity index (χ2v) is 6.94. The molecule has 1 aromatic heterocycles. The quantitative estimate of drug-likeness (QED) is 0.841. The molecule has 3 aliphatic heterocycles. The van der Waals surface area contributed by atoms with Crippen molar-refractivity contribution in [2.45, 2.75) is 18.9 Å². The van der Waals surface area contributed by atoms with Crippen molar-refractivity contribution in [3.8, 4) is 17.1 Å². The first-order chi connectivity index (χ1) is 11.2. The Hall–Kier alpha value is -1.36. The molecule has 0 amide bonds. The normalized spacial score (nSPS) is 26.3. The lowest BCUT2D eigenvalue weighted by atomic mass is 9.86. The van der Waals surface area contributed by atoms with Crippen molar-refractivity contribution in [1.82, 2.24) is 14.9 Å². The number of fused-ring (bicyclic) bond motifs is 3. The highest BCUT2D eigenvalue weighted by Crippen LogP contribution is 2.33. The maximum Gasteiger partial charge on any atom is 0.316 e. The molecule has 120 valence electrons. The van der Waals surface area contributed by atoms with Crippen molar-refractivity contribution in [1.29, 1.82) is 0 Å². The molecule has 1 aromatic carbocycles. The number of nitrogens with zero attached hydrogens (tertiary/aromatic N) is 3. The van der Waals surface area contributed by atoms with E-state index in [1.807, 2.05) is 12.1 Å². The molecule has 23 heavy (non-hydrogen) atoms. The van der Waals surface area contributed by atoms with Gasteiger partial charge in [0.15, 0.2) is 0 Å².